The van der Waals surface area contributed by atoms with Gasteiger partial charge in [-0.25, -0.2) is 4.68 Å². The molecule has 0 fully saturated rings. The molecule has 3 aromatic rings. The lowest BCUT2D eigenvalue weighted by molar-refractivity contribution is 0.0784. The van der Waals surface area contributed by atoms with Crippen LogP contribution >= 0.6 is 0 Å². The highest BCUT2D eigenvalue weighted by Gasteiger charge is 2.15. The van der Waals surface area contributed by atoms with Gasteiger partial charge >= 0.3 is 0 Å². The van der Waals surface area contributed by atoms with Gasteiger partial charge in [-0.05, 0) is 40.8 Å². The fraction of sp³-hybridized carbons (Fsp3) is 0.222. The predicted octanol–water partition coefficient (Wildman–Crippen LogP) is 1.95. The van der Waals surface area contributed by atoms with Crippen LogP contribution in [0.4, 0.5) is 0 Å². The van der Waals surface area contributed by atoms with Gasteiger partial charge in [-0.15, -0.1) is 5.10 Å². The quantitative estimate of drug-likeness (QED) is 0.674. The first-order valence-corrected chi connectivity index (χ1v) is 7.92. The molecule has 2 aromatic carbocycles. The Balaban J connectivity index is 1.79. The van der Waals surface area contributed by atoms with Gasteiger partial charge in [0.1, 0.15) is 17.8 Å². The first-order valence-electron chi connectivity index (χ1n) is 7.92. The number of methoxy groups -OCH3 is 2. The lowest BCUT2D eigenvalue weighted by atomic mass is 10.1. The Labute approximate surface area is 151 Å². The first kappa shape index (κ1) is 17.4. The van der Waals surface area contributed by atoms with E-state index < -0.39 is 0 Å². The zero-order chi connectivity index (χ0) is 18.5. The van der Waals surface area contributed by atoms with Crippen LogP contribution in [0.3, 0.4) is 0 Å². The molecule has 0 unspecified atom stereocenters. The molecular formula is C18H19N5O3. The van der Waals surface area contributed by atoms with E-state index >= 15 is 0 Å². The molecule has 134 valence electrons. The summed E-state index contributed by atoms with van der Waals surface area (Å²) >= 11 is 0. The number of nitrogens with zero attached hydrogens (tertiary/aromatic N) is 5. The van der Waals surface area contributed by atoms with E-state index in [0.29, 0.717) is 23.6 Å². The Bertz CT molecular complexity index is 896. The molecule has 0 N–H and O–H groups in total. The smallest absolute Gasteiger partial charge is 0.253 e. The van der Waals surface area contributed by atoms with E-state index in [0.717, 1.165) is 11.3 Å². The highest BCUT2D eigenvalue weighted by atomic mass is 16.5. The summed E-state index contributed by atoms with van der Waals surface area (Å²) < 4.78 is 12.1. The standard InChI is InChI=1S/C18H19N5O3/c1-22(11-14-7-8-16(25-2)10-17(14)26-3)18(24)13-5-4-6-15(9-13)23-12-19-20-21-23/h4-10,12H,11H2,1-3H3. The van der Waals surface area contributed by atoms with E-state index in [2.05, 4.69) is 15.5 Å². The number of hydrogen-bond acceptors (Lipinski definition) is 6. The van der Waals surface area contributed by atoms with Crippen LogP contribution in [-0.2, 0) is 6.54 Å². The van der Waals surface area contributed by atoms with Crippen molar-refractivity contribution in [1.29, 1.82) is 0 Å². The molecule has 0 aliphatic heterocycles. The molecule has 26 heavy (non-hydrogen) atoms. The maximum absolute atomic E-state index is 12.8. The van der Waals surface area contributed by atoms with Crippen molar-refractivity contribution in [3.05, 3.63) is 59.9 Å². The van der Waals surface area contributed by atoms with Gasteiger partial charge in [0.05, 0.1) is 19.9 Å². The third-order valence-corrected chi connectivity index (χ3v) is 3.96. The van der Waals surface area contributed by atoms with Crippen molar-refractivity contribution in [2.75, 3.05) is 21.3 Å². The number of carbonyl (C=O) groups is 1. The second kappa shape index (κ2) is 7.64. The first-order chi connectivity index (χ1) is 12.6. The summed E-state index contributed by atoms with van der Waals surface area (Å²) in [6, 6.07) is 12.7. The van der Waals surface area contributed by atoms with Crippen molar-refractivity contribution in [3.8, 4) is 17.2 Å². The normalized spacial score (nSPS) is 10.4. The molecule has 0 aliphatic carbocycles. The van der Waals surface area contributed by atoms with E-state index in [9.17, 15) is 4.79 Å². The predicted molar refractivity (Wildman–Crippen MR) is 94.5 cm³/mol. The highest BCUT2D eigenvalue weighted by molar-refractivity contribution is 5.94. The summed E-state index contributed by atoms with van der Waals surface area (Å²) in [4.78, 5) is 14.4. The maximum Gasteiger partial charge on any atom is 0.253 e. The molecule has 1 heterocycles. The molecule has 0 radical (unpaired) electrons. The van der Waals surface area contributed by atoms with Gasteiger partial charge in [-0.1, -0.05) is 6.07 Å². The summed E-state index contributed by atoms with van der Waals surface area (Å²) in [5.41, 5.74) is 2.16. The summed E-state index contributed by atoms with van der Waals surface area (Å²) in [7, 11) is 4.94. The third kappa shape index (κ3) is 3.64. The van der Waals surface area contributed by atoms with Crippen LogP contribution in [0.2, 0.25) is 0 Å². The average Bonchev–Trinajstić information content (AvgIpc) is 3.22. The van der Waals surface area contributed by atoms with Crippen LogP contribution in [0.25, 0.3) is 5.69 Å². The van der Waals surface area contributed by atoms with Gasteiger partial charge < -0.3 is 14.4 Å². The molecule has 0 aliphatic rings. The molecule has 1 aromatic heterocycles. The lowest BCUT2D eigenvalue weighted by Crippen LogP contribution is -2.26. The van der Waals surface area contributed by atoms with E-state index in [-0.39, 0.29) is 5.91 Å². The molecule has 0 atom stereocenters. The van der Waals surface area contributed by atoms with Crippen molar-refractivity contribution >= 4 is 5.91 Å². The topological polar surface area (TPSA) is 82.4 Å². The van der Waals surface area contributed by atoms with Crippen LogP contribution in [0.15, 0.2) is 48.8 Å². The molecule has 0 spiro atoms. The van der Waals surface area contributed by atoms with Crippen LogP contribution in [-0.4, -0.2) is 52.3 Å². The second-order valence-corrected chi connectivity index (χ2v) is 5.64. The summed E-state index contributed by atoms with van der Waals surface area (Å²) in [5.74, 6) is 1.26. The Morgan fingerprint density at radius 3 is 2.69 bits per heavy atom. The molecule has 1 amide bonds. The maximum atomic E-state index is 12.8. The third-order valence-electron chi connectivity index (χ3n) is 3.96. The van der Waals surface area contributed by atoms with E-state index in [4.69, 9.17) is 9.47 Å². The van der Waals surface area contributed by atoms with Crippen molar-refractivity contribution in [2.24, 2.45) is 0 Å². The van der Waals surface area contributed by atoms with E-state index in [1.165, 1.54) is 11.0 Å². The fourth-order valence-corrected chi connectivity index (χ4v) is 2.59. The Morgan fingerprint density at radius 2 is 2.00 bits per heavy atom. The van der Waals surface area contributed by atoms with Crippen molar-refractivity contribution in [2.45, 2.75) is 6.54 Å². The fourth-order valence-electron chi connectivity index (χ4n) is 2.59. The molecular weight excluding hydrogens is 334 g/mol. The van der Waals surface area contributed by atoms with Gasteiger partial charge in [0.2, 0.25) is 0 Å². The SMILES string of the molecule is COc1ccc(CN(C)C(=O)c2cccc(-n3cnnn3)c2)c(OC)c1. The Hall–Kier alpha value is -3.42. The average molecular weight is 353 g/mol. The van der Waals surface area contributed by atoms with Gasteiger partial charge in [-0.2, -0.15) is 0 Å². The van der Waals surface area contributed by atoms with Crippen LogP contribution in [0.5, 0.6) is 11.5 Å². The van der Waals surface area contributed by atoms with Crippen LogP contribution < -0.4 is 9.47 Å². The van der Waals surface area contributed by atoms with Crippen LogP contribution in [0, 0.1) is 0 Å². The second-order valence-electron chi connectivity index (χ2n) is 5.64. The lowest BCUT2D eigenvalue weighted by Gasteiger charge is -2.19. The Kier molecular flexibility index (Phi) is 5.12. The van der Waals surface area contributed by atoms with E-state index in [1.807, 2.05) is 18.2 Å². The van der Waals surface area contributed by atoms with Crippen molar-refractivity contribution in [1.82, 2.24) is 25.1 Å². The van der Waals surface area contributed by atoms with Gasteiger partial charge in [0, 0.05) is 30.8 Å². The minimum Gasteiger partial charge on any atom is -0.497 e. The molecule has 8 nitrogen and oxygen atoms in total. The number of carbonyl (C=O) groups excluding carboxylic acids is 1. The van der Waals surface area contributed by atoms with Crippen LogP contribution in [0.1, 0.15) is 15.9 Å². The summed E-state index contributed by atoms with van der Waals surface area (Å²) in [6.07, 6.45) is 1.48. The number of hydrogen-bond donors (Lipinski definition) is 0. The number of benzene rings is 2. The number of rotatable bonds is 6. The minimum absolute atomic E-state index is 0.113. The minimum atomic E-state index is -0.113. The largest absolute Gasteiger partial charge is 0.497 e. The highest BCUT2D eigenvalue weighted by Crippen LogP contribution is 2.26. The number of tetrazole rings is 1. The molecule has 0 bridgehead atoms. The molecule has 8 heteroatoms. The monoisotopic (exact) mass is 353 g/mol. The Morgan fingerprint density at radius 1 is 1.15 bits per heavy atom. The van der Waals surface area contributed by atoms with E-state index in [1.54, 1.807) is 50.4 Å². The van der Waals surface area contributed by atoms with Gasteiger partial charge in [0.25, 0.3) is 5.91 Å². The zero-order valence-electron chi connectivity index (χ0n) is 14.8. The van der Waals surface area contributed by atoms with Gasteiger partial charge in [-0.3, -0.25) is 4.79 Å². The number of aromatic nitrogens is 4. The zero-order valence-corrected chi connectivity index (χ0v) is 14.8. The summed E-state index contributed by atoms with van der Waals surface area (Å²) in [5, 5.41) is 11.1. The molecule has 0 saturated carbocycles. The number of ether oxygens (including phenoxy) is 2. The summed E-state index contributed by atoms with van der Waals surface area (Å²) in [6.45, 7) is 0.404. The van der Waals surface area contributed by atoms with Gasteiger partial charge in [0.15, 0.2) is 0 Å². The van der Waals surface area contributed by atoms with Crippen molar-refractivity contribution in [3.63, 3.8) is 0 Å². The number of amides is 1. The van der Waals surface area contributed by atoms with Crippen molar-refractivity contribution < 1.29 is 14.3 Å². The molecule has 3 rings (SSSR count). The molecule has 0 saturated heterocycles.